The van der Waals surface area contributed by atoms with Crippen LogP contribution in [0.25, 0.3) is 0 Å². The van der Waals surface area contributed by atoms with Gasteiger partial charge in [-0.25, -0.2) is 0 Å². The topological polar surface area (TPSA) is 44.8 Å². The molecule has 0 aliphatic carbocycles. The molecule has 0 aromatic rings. The van der Waals surface area contributed by atoms with E-state index in [9.17, 15) is 4.79 Å². The maximum Gasteiger partial charge on any atom is 0.306 e. The third-order valence-electron chi connectivity index (χ3n) is 6.17. The first kappa shape index (κ1) is 32.4. The van der Waals surface area contributed by atoms with E-state index in [0.717, 1.165) is 51.7 Å². The highest BCUT2D eigenvalue weighted by molar-refractivity contribution is 5.69. The molecule has 4 heteroatoms. The average Bonchev–Trinajstić information content (AvgIpc) is 2.81. The fourth-order valence-electron chi connectivity index (χ4n) is 3.92. The van der Waals surface area contributed by atoms with Gasteiger partial charge in [-0.05, 0) is 19.3 Å². The highest BCUT2D eigenvalue weighted by atomic mass is 16.6. The molecule has 198 valence electrons. The molecule has 0 aliphatic heterocycles. The van der Waals surface area contributed by atoms with Gasteiger partial charge in [0.1, 0.15) is 6.10 Å². The van der Waals surface area contributed by atoms with Crippen molar-refractivity contribution in [1.29, 1.82) is 0 Å². The molecule has 0 atom stereocenters. The molecule has 0 rings (SSSR count). The Balaban J connectivity index is 3.61. The first-order valence-corrected chi connectivity index (χ1v) is 14.6. The summed E-state index contributed by atoms with van der Waals surface area (Å²) in [6.07, 6.45) is 24.5. The normalized spacial score (nSPS) is 11.4. The molecule has 0 amide bonds. The van der Waals surface area contributed by atoms with Gasteiger partial charge in [0.05, 0.1) is 13.2 Å². The molecule has 0 aliphatic rings. The summed E-state index contributed by atoms with van der Waals surface area (Å²) in [4.78, 5) is 12.2. The number of hydrogen-bond donors (Lipinski definition) is 0. The van der Waals surface area contributed by atoms with Gasteiger partial charge in [-0.2, -0.15) is 0 Å². The summed E-state index contributed by atoms with van der Waals surface area (Å²) >= 11 is 0. The molecule has 0 saturated carbocycles. The molecule has 0 aromatic carbocycles. The van der Waals surface area contributed by atoms with E-state index in [0.29, 0.717) is 19.6 Å². The molecule has 0 radical (unpaired) electrons. The summed E-state index contributed by atoms with van der Waals surface area (Å²) in [5.41, 5.74) is 0. The van der Waals surface area contributed by atoms with Crippen LogP contribution in [0.15, 0.2) is 0 Å². The van der Waals surface area contributed by atoms with Crippen molar-refractivity contribution < 1.29 is 19.0 Å². The lowest BCUT2D eigenvalue weighted by Crippen LogP contribution is -2.29. The third-order valence-corrected chi connectivity index (χ3v) is 6.17. The molecule has 0 heterocycles. The van der Waals surface area contributed by atoms with E-state index in [4.69, 9.17) is 14.2 Å². The summed E-state index contributed by atoms with van der Waals surface area (Å²) in [5, 5.41) is 0. The molecule has 0 unspecified atom stereocenters. The zero-order valence-corrected chi connectivity index (χ0v) is 22.7. The van der Waals surface area contributed by atoms with Crippen molar-refractivity contribution in [2.75, 3.05) is 26.4 Å². The van der Waals surface area contributed by atoms with Crippen LogP contribution in [-0.2, 0) is 19.0 Å². The van der Waals surface area contributed by atoms with E-state index in [1.165, 1.54) is 83.5 Å². The van der Waals surface area contributed by atoms with E-state index in [-0.39, 0.29) is 12.1 Å². The van der Waals surface area contributed by atoms with Crippen LogP contribution in [0.2, 0.25) is 0 Å². The smallest absolute Gasteiger partial charge is 0.306 e. The molecule has 33 heavy (non-hydrogen) atoms. The van der Waals surface area contributed by atoms with Gasteiger partial charge in [-0.1, -0.05) is 124 Å². The third kappa shape index (κ3) is 25.8. The first-order chi connectivity index (χ1) is 16.2. The number of ether oxygens (including phenoxy) is 3. The molecule has 0 bridgehead atoms. The maximum atomic E-state index is 12.2. The molecular weight excluding hydrogens is 412 g/mol. The lowest BCUT2D eigenvalue weighted by atomic mass is 10.0. The van der Waals surface area contributed by atoms with Crippen molar-refractivity contribution in [2.24, 2.45) is 0 Å². The van der Waals surface area contributed by atoms with E-state index < -0.39 is 0 Å². The van der Waals surface area contributed by atoms with Crippen molar-refractivity contribution in [1.82, 2.24) is 0 Å². The van der Waals surface area contributed by atoms with Crippen LogP contribution < -0.4 is 0 Å². The van der Waals surface area contributed by atoms with Crippen LogP contribution in [0.1, 0.15) is 149 Å². The lowest BCUT2D eigenvalue weighted by Gasteiger charge is -2.18. The van der Waals surface area contributed by atoms with Crippen LogP contribution in [0.5, 0.6) is 0 Å². The van der Waals surface area contributed by atoms with Crippen LogP contribution in [-0.4, -0.2) is 38.5 Å². The van der Waals surface area contributed by atoms with Crippen molar-refractivity contribution in [3.63, 3.8) is 0 Å². The molecule has 0 saturated heterocycles. The van der Waals surface area contributed by atoms with Crippen LogP contribution in [0.4, 0.5) is 0 Å². The van der Waals surface area contributed by atoms with Gasteiger partial charge in [0.15, 0.2) is 0 Å². The summed E-state index contributed by atoms with van der Waals surface area (Å²) in [5.74, 6) is -0.104. The van der Waals surface area contributed by atoms with Crippen LogP contribution in [0, 0.1) is 0 Å². The highest BCUT2D eigenvalue weighted by Gasteiger charge is 2.15. The molecular formula is C29H58O4. The zero-order chi connectivity index (χ0) is 24.2. The highest BCUT2D eigenvalue weighted by Crippen LogP contribution is 2.14. The van der Waals surface area contributed by atoms with E-state index in [1.54, 1.807) is 0 Å². The second-order valence-corrected chi connectivity index (χ2v) is 9.67. The van der Waals surface area contributed by atoms with Gasteiger partial charge >= 0.3 is 5.97 Å². The summed E-state index contributed by atoms with van der Waals surface area (Å²) in [6, 6.07) is 0. The summed E-state index contributed by atoms with van der Waals surface area (Å²) < 4.78 is 17.0. The quantitative estimate of drug-likeness (QED) is 0.0888. The summed E-state index contributed by atoms with van der Waals surface area (Å²) in [7, 11) is 0. The Kier molecular flexibility index (Phi) is 27.1. The van der Waals surface area contributed by atoms with Crippen molar-refractivity contribution in [3.05, 3.63) is 0 Å². The Bertz CT molecular complexity index is 374. The number of esters is 1. The predicted octanol–water partition coefficient (Wildman–Crippen LogP) is 8.79. The molecule has 0 N–H and O–H groups in total. The number of rotatable bonds is 27. The van der Waals surface area contributed by atoms with E-state index in [1.807, 2.05) is 0 Å². The minimum Gasteiger partial charge on any atom is -0.457 e. The minimum absolute atomic E-state index is 0.104. The standard InChI is InChI=1S/C29H58O4/c1-4-7-10-11-12-13-14-15-16-17-18-19-20-21-22-23-29(30)33-28(26-31-24-8-5-2)27-32-25-9-6-3/h28H,4-27H2,1-3H3. The Morgan fingerprint density at radius 2 is 0.879 bits per heavy atom. The SMILES string of the molecule is CCCCCCCCCCCCCCCCCC(=O)OC(COCCCC)COCCCC. The number of carbonyl (C=O) groups is 1. The largest absolute Gasteiger partial charge is 0.457 e. The number of unbranched alkanes of at least 4 members (excludes halogenated alkanes) is 16. The summed E-state index contributed by atoms with van der Waals surface area (Å²) in [6.45, 7) is 8.89. The Hall–Kier alpha value is -0.610. The zero-order valence-electron chi connectivity index (χ0n) is 22.7. The van der Waals surface area contributed by atoms with Crippen LogP contribution >= 0.6 is 0 Å². The number of carbonyl (C=O) groups excluding carboxylic acids is 1. The molecule has 0 spiro atoms. The molecule has 4 nitrogen and oxygen atoms in total. The maximum absolute atomic E-state index is 12.2. The second-order valence-electron chi connectivity index (χ2n) is 9.67. The van der Waals surface area contributed by atoms with E-state index >= 15 is 0 Å². The van der Waals surface area contributed by atoms with Gasteiger partial charge in [0, 0.05) is 19.6 Å². The number of hydrogen-bond acceptors (Lipinski definition) is 4. The first-order valence-electron chi connectivity index (χ1n) is 14.6. The van der Waals surface area contributed by atoms with Gasteiger partial charge in [0.25, 0.3) is 0 Å². The Labute approximate surface area is 206 Å². The van der Waals surface area contributed by atoms with Gasteiger partial charge in [-0.15, -0.1) is 0 Å². The van der Waals surface area contributed by atoms with Crippen LogP contribution in [0.3, 0.4) is 0 Å². The van der Waals surface area contributed by atoms with E-state index in [2.05, 4.69) is 20.8 Å². The van der Waals surface area contributed by atoms with Crippen molar-refractivity contribution in [2.45, 2.75) is 155 Å². The monoisotopic (exact) mass is 470 g/mol. The Morgan fingerprint density at radius 3 is 1.27 bits per heavy atom. The van der Waals surface area contributed by atoms with Crippen molar-refractivity contribution >= 4 is 5.97 Å². The predicted molar refractivity (Wildman–Crippen MR) is 141 cm³/mol. The van der Waals surface area contributed by atoms with Crippen molar-refractivity contribution in [3.8, 4) is 0 Å². The average molecular weight is 471 g/mol. The van der Waals surface area contributed by atoms with Gasteiger partial charge in [0.2, 0.25) is 0 Å². The van der Waals surface area contributed by atoms with Gasteiger partial charge < -0.3 is 14.2 Å². The second kappa shape index (κ2) is 27.6. The Morgan fingerprint density at radius 1 is 0.515 bits per heavy atom. The molecule has 0 aromatic heterocycles. The lowest BCUT2D eigenvalue weighted by molar-refractivity contribution is -0.156. The minimum atomic E-state index is -0.275. The van der Waals surface area contributed by atoms with Gasteiger partial charge in [-0.3, -0.25) is 4.79 Å². The fourth-order valence-corrected chi connectivity index (χ4v) is 3.92. The fraction of sp³-hybridized carbons (Fsp3) is 0.966. The molecule has 0 fully saturated rings.